The summed E-state index contributed by atoms with van der Waals surface area (Å²) >= 11 is 0. The number of amides is 1. The summed E-state index contributed by atoms with van der Waals surface area (Å²) < 4.78 is 11.1. The number of carbonyl (C=O) groups is 3. The number of aryl methyl sites for hydroxylation is 1. The second-order valence-electron chi connectivity index (χ2n) is 7.71. The lowest BCUT2D eigenvalue weighted by Crippen LogP contribution is -2.41. The van der Waals surface area contributed by atoms with Gasteiger partial charge in [-0.15, -0.1) is 0 Å². The van der Waals surface area contributed by atoms with Crippen LogP contribution in [0.15, 0.2) is 18.2 Å². The molecule has 0 aliphatic carbocycles. The standard InChI is InChI=1S/C24H33N3O5/c1-8-31-19-11-10-18(12-20(19)32-9-2)26-21(29)13-27(7)16(5)24(30)23-14(3)22(17(6)28)15(4)25-23/h10-12,16,25H,8-9,13H2,1-7H3,(H,26,29). The fourth-order valence-electron chi connectivity index (χ4n) is 3.63. The molecule has 8 nitrogen and oxygen atoms in total. The molecule has 0 saturated heterocycles. The van der Waals surface area contributed by atoms with Crippen LogP contribution in [0, 0.1) is 13.8 Å². The number of rotatable bonds is 11. The second-order valence-corrected chi connectivity index (χ2v) is 7.71. The Balaban J connectivity index is 2.07. The molecule has 0 bridgehead atoms. The zero-order valence-electron chi connectivity index (χ0n) is 19.9. The highest BCUT2D eigenvalue weighted by Crippen LogP contribution is 2.30. The van der Waals surface area contributed by atoms with Crippen LogP contribution in [0.2, 0.25) is 0 Å². The molecule has 1 unspecified atom stereocenters. The second kappa shape index (κ2) is 10.9. The number of anilines is 1. The van der Waals surface area contributed by atoms with E-state index in [0.29, 0.717) is 52.9 Å². The molecule has 8 heteroatoms. The Hall–Kier alpha value is -3.13. The Morgan fingerprint density at radius 2 is 1.72 bits per heavy atom. The van der Waals surface area contributed by atoms with Crippen LogP contribution in [0.3, 0.4) is 0 Å². The summed E-state index contributed by atoms with van der Waals surface area (Å²) in [5.41, 5.74) is 2.84. The number of aromatic nitrogens is 1. The number of H-pyrrole nitrogens is 1. The van der Waals surface area contributed by atoms with Gasteiger partial charge in [0, 0.05) is 23.0 Å². The van der Waals surface area contributed by atoms with Crippen molar-refractivity contribution in [3.63, 3.8) is 0 Å². The van der Waals surface area contributed by atoms with E-state index in [1.54, 1.807) is 50.9 Å². The molecule has 1 aromatic carbocycles. The molecule has 32 heavy (non-hydrogen) atoms. The van der Waals surface area contributed by atoms with Crippen molar-refractivity contribution < 1.29 is 23.9 Å². The fraction of sp³-hybridized carbons (Fsp3) is 0.458. The van der Waals surface area contributed by atoms with Crippen molar-refractivity contribution >= 4 is 23.2 Å². The maximum Gasteiger partial charge on any atom is 0.238 e. The SMILES string of the molecule is CCOc1ccc(NC(=O)CN(C)C(C)C(=O)c2[nH]c(C)c(C(C)=O)c2C)cc1OCC. The van der Waals surface area contributed by atoms with E-state index in [1.807, 2.05) is 13.8 Å². The zero-order valence-corrected chi connectivity index (χ0v) is 19.9. The van der Waals surface area contributed by atoms with Crippen LogP contribution in [0.25, 0.3) is 0 Å². The number of benzene rings is 1. The third-order valence-electron chi connectivity index (χ3n) is 5.30. The summed E-state index contributed by atoms with van der Waals surface area (Å²) in [5.74, 6) is 0.654. The molecule has 0 aliphatic rings. The average molecular weight is 444 g/mol. The van der Waals surface area contributed by atoms with Crippen LogP contribution in [0.1, 0.15) is 59.8 Å². The number of hydrogen-bond acceptors (Lipinski definition) is 6. The van der Waals surface area contributed by atoms with Gasteiger partial charge in [-0.2, -0.15) is 0 Å². The third kappa shape index (κ3) is 5.76. The predicted octanol–water partition coefficient (Wildman–Crippen LogP) is 3.77. The molecule has 1 heterocycles. The van der Waals surface area contributed by atoms with Crippen molar-refractivity contribution in [2.45, 2.75) is 47.6 Å². The summed E-state index contributed by atoms with van der Waals surface area (Å²) in [4.78, 5) is 42.2. The highest BCUT2D eigenvalue weighted by atomic mass is 16.5. The van der Waals surface area contributed by atoms with Crippen molar-refractivity contribution in [1.82, 2.24) is 9.88 Å². The molecule has 2 N–H and O–H groups in total. The van der Waals surface area contributed by atoms with E-state index in [0.717, 1.165) is 0 Å². The Morgan fingerprint density at radius 3 is 2.28 bits per heavy atom. The van der Waals surface area contributed by atoms with E-state index < -0.39 is 6.04 Å². The molecule has 174 valence electrons. The molecule has 2 rings (SSSR count). The summed E-state index contributed by atoms with van der Waals surface area (Å²) in [6.07, 6.45) is 0. The highest BCUT2D eigenvalue weighted by Gasteiger charge is 2.26. The molecular weight excluding hydrogens is 410 g/mol. The molecule has 0 fully saturated rings. The summed E-state index contributed by atoms with van der Waals surface area (Å²) in [5, 5.41) is 2.83. The van der Waals surface area contributed by atoms with Gasteiger partial charge in [0.05, 0.1) is 31.5 Å². The molecular formula is C24H33N3O5. The van der Waals surface area contributed by atoms with E-state index in [-0.39, 0.29) is 24.0 Å². The van der Waals surface area contributed by atoms with Gasteiger partial charge in [0.15, 0.2) is 23.1 Å². The molecule has 2 aromatic rings. The topological polar surface area (TPSA) is 101 Å². The lowest BCUT2D eigenvalue weighted by molar-refractivity contribution is -0.117. The summed E-state index contributed by atoms with van der Waals surface area (Å²) in [6, 6.07) is 4.66. The van der Waals surface area contributed by atoms with E-state index in [9.17, 15) is 14.4 Å². The first-order valence-electron chi connectivity index (χ1n) is 10.7. The normalized spacial score (nSPS) is 11.9. The van der Waals surface area contributed by atoms with Gasteiger partial charge in [-0.3, -0.25) is 19.3 Å². The van der Waals surface area contributed by atoms with Crippen LogP contribution in [0.4, 0.5) is 5.69 Å². The molecule has 0 aliphatic heterocycles. The lowest BCUT2D eigenvalue weighted by Gasteiger charge is -2.23. The van der Waals surface area contributed by atoms with Crippen LogP contribution in [-0.2, 0) is 4.79 Å². The van der Waals surface area contributed by atoms with Gasteiger partial charge in [-0.05, 0) is 66.3 Å². The predicted molar refractivity (Wildman–Crippen MR) is 124 cm³/mol. The number of nitrogens with zero attached hydrogens (tertiary/aromatic N) is 1. The van der Waals surface area contributed by atoms with Gasteiger partial charge in [0.25, 0.3) is 0 Å². The largest absolute Gasteiger partial charge is 0.490 e. The van der Waals surface area contributed by atoms with Gasteiger partial charge < -0.3 is 19.8 Å². The molecule has 0 radical (unpaired) electrons. The van der Waals surface area contributed by atoms with Gasteiger partial charge in [0.1, 0.15) is 0 Å². The summed E-state index contributed by atoms with van der Waals surface area (Å²) in [6.45, 7) is 11.5. The Morgan fingerprint density at radius 1 is 1.09 bits per heavy atom. The van der Waals surface area contributed by atoms with Crippen molar-refractivity contribution in [3.8, 4) is 11.5 Å². The van der Waals surface area contributed by atoms with E-state index >= 15 is 0 Å². The monoisotopic (exact) mass is 443 g/mol. The lowest BCUT2D eigenvalue weighted by atomic mass is 10.0. The maximum atomic E-state index is 13.0. The molecule has 0 saturated carbocycles. The van der Waals surface area contributed by atoms with Crippen molar-refractivity contribution in [3.05, 3.63) is 40.7 Å². The van der Waals surface area contributed by atoms with Crippen molar-refractivity contribution in [2.75, 3.05) is 32.1 Å². The van der Waals surface area contributed by atoms with Crippen molar-refractivity contribution in [2.24, 2.45) is 0 Å². The molecule has 1 amide bonds. The molecule has 0 spiro atoms. The zero-order chi connectivity index (χ0) is 24.0. The van der Waals surface area contributed by atoms with Gasteiger partial charge in [-0.1, -0.05) is 0 Å². The number of ketones is 2. The quantitative estimate of drug-likeness (QED) is 0.513. The number of aromatic amines is 1. The van der Waals surface area contributed by atoms with E-state index in [1.165, 1.54) is 6.92 Å². The minimum absolute atomic E-state index is 0.0163. The first-order valence-corrected chi connectivity index (χ1v) is 10.7. The Labute approximate surface area is 189 Å². The number of carbonyl (C=O) groups excluding carboxylic acids is 3. The van der Waals surface area contributed by atoms with Crippen LogP contribution >= 0.6 is 0 Å². The third-order valence-corrected chi connectivity index (χ3v) is 5.30. The van der Waals surface area contributed by atoms with Gasteiger partial charge in [-0.25, -0.2) is 0 Å². The number of nitrogens with one attached hydrogen (secondary N) is 2. The fourth-order valence-corrected chi connectivity index (χ4v) is 3.63. The highest BCUT2D eigenvalue weighted by molar-refractivity contribution is 6.05. The van der Waals surface area contributed by atoms with Gasteiger partial charge >= 0.3 is 0 Å². The first kappa shape index (κ1) is 25.1. The number of Topliss-reactive ketones (excluding diaryl/α,β-unsaturated/α-hetero) is 2. The minimum Gasteiger partial charge on any atom is -0.490 e. The van der Waals surface area contributed by atoms with Crippen molar-refractivity contribution in [1.29, 1.82) is 0 Å². The molecule has 1 aromatic heterocycles. The summed E-state index contributed by atoms with van der Waals surface area (Å²) in [7, 11) is 1.71. The Kier molecular flexibility index (Phi) is 8.60. The van der Waals surface area contributed by atoms with Crippen LogP contribution in [-0.4, -0.2) is 60.2 Å². The Bertz CT molecular complexity index is 996. The van der Waals surface area contributed by atoms with E-state index in [4.69, 9.17) is 9.47 Å². The minimum atomic E-state index is -0.559. The average Bonchev–Trinajstić information content (AvgIpc) is 3.03. The van der Waals surface area contributed by atoms with E-state index in [2.05, 4.69) is 10.3 Å². The van der Waals surface area contributed by atoms with Gasteiger partial charge in [0.2, 0.25) is 5.91 Å². The first-order chi connectivity index (χ1) is 15.1. The number of hydrogen-bond donors (Lipinski definition) is 2. The number of ether oxygens (including phenoxy) is 2. The molecule has 1 atom stereocenters. The van der Waals surface area contributed by atoms with Crippen LogP contribution < -0.4 is 14.8 Å². The van der Waals surface area contributed by atoms with Crippen LogP contribution in [0.5, 0.6) is 11.5 Å². The number of likely N-dealkylation sites (N-methyl/N-ethyl adjacent to an activating group) is 1. The smallest absolute Gasteiger partial charge is 0.238 e. The maximum absolute atomic E-state index is 13.0.